The van der Waals surface area contributed by atoms with Crippen LogP contribution in [0.15, 0.2) is 40.9 Å². The molecule has 0 aliphatic carbocycles. The second-order valence-electron chi connectivity index (χ2n) is 4.85. The van der Waals surface area contributed by atoms with E-state index in [-0.39, 0.29) is 6.04 Å². The zero-order valence-electron chi connectivity index (χ0n) is 11.3. The second-order valence-corrected chi connectivity index (χ2v) is 6.14. The van der Waals surface area contributed by atoms with Gasteiger partial charge in [0.25, 0.3) is 0 Å². The van der Waals surface area contributed by atoms with E-state index in [1.54, 1.807) is 0 Å². The number of nitrogens with one attached hydrogen (secondary N) is 1. The molecule has 0 bridgehead atoms. The zero-order chi connectivity index (χ0) is 14.0. The Hall–Kier alpha value is -0.990. The molecule has 1 N–H and O–H groups in total. The number of anilines is 1. The highest BCUT2D eigenvalue weighted by Crippen LogP contribution is 2.27. The molecule has 2 rings (SSSR count). The first-order chi connectivity index (χ1) is 8.97. The zero-order valence-corrected chi connectivity index (χ0v) is 13.6. The van der Waals surface area contributed by atoms with Crippen LogP contribution >= 0.6 is 27.5 Å². The fraction of sp³-hybridized carbons (Fsp3) is 0.250. The molecule has 0 heterocycles. The molecule has 0 radical (unpaired) electrons. The van der Waals surface area contributed by atoms with Gasteiger partial charge in [0.05, 0.1) is 0 Å². The van der Waals surface area contributed by atoms with E-state index >= 15 is 0 Å². The van der Waals surface area contributed by atoms with Crippen molar-refractivity contribution in [3.8, 4) is 0 Å². The minimum Gasteiger partial charge on any atom is -0.378 e. The van der Waals surface area contributed by atoms with Crippen LogP contribution in [0.25, 0.3) is 0 Å². The summed E-state index contributed by atoms with van der Waals surface area (Å²) in [5.41, 5.74) is 4.60. The highest BCUT2D eigenvalue weighted by Gasteiger charge is 2.09. The van der Waals surface area contributed by atoms with Crippen LogP contribution in [-0.4, -0.2) is 0 Å². The van der Waals surface area contributed by atoms with Gasteiger partial charge in [-0.05, 0) is 55.7 Å². The SMILES string of the molecule is Cc1cc(C(C)Nc2cccc(Br)c2)cc(C)c1Cl. The van der Waals surface area contributed by atoms with Crippen molar-refractivity contribution in [1.82, 2.24) is 0 Å². The van der Waals surface area contributed by atoms with E-state index in [4.69, 9.17) is 11.6 Å². The molecular formula is C16H17BrClN. The predicted molar refractivity (Wildman–Crippen MR) is 87.1 cm³/mol. The topological polar surface area (TPSA) is 12.0 Å². The summed E-state index contributed by atoms with van der Waals surface area (Å²) >= 11 is 9.69. The average molecular weight is 339 g/mol. The smallest absolute Gasteiger partial charge is 0.0485 e. The van der Waals surface area contributed by atoms with Crippen molar-refractivity contribution in [3.05, 3.63) is 62.6 Å². The lowest BCUT2D eigenvalue weighted by Gasteiger charge is -2.18. The maximum Gasteiger partial charge on any atom is 0.0485 e. The molecular weight excluding hydrogens is 322 g/mol. The second kappa shape index (κ2) is 5.98. The lowest BCUT2D eigenvalue weighted by molar-refractivity contribution is 0.880. The van der Waals surface area contributed by atoms with Crippen molar-refractivity contribution >= 4 is 33.2 Å². The molecule has 1 unspecified atom stereocenters. The van der Waals surface area contributed by atoms with Gasteiger partial charge in [-0.1, -0.05) is 45.7 Å². The van der Waals surface area contributed by atoms with Gasteiger partial charge in [0, 0.05) is 21.2 Å². The summed E-state index contributed by atoms with van der Waals surface area (Å²) in [5.74, 6) is 0. The van der Waals surface area contributed by atoms with Crippen LogP contribution in [0.1, 0.15) is 29.7 Å². The Morgan fingerprint density at radius 2 is 1.74 bits per heavy atom. The maximum absolute atomic E-state index is 6.21. The molecule has 1 nitrogen and oxygen atoms in total. The first-order valence-corrected chi connectivity index (χ1v) is 7.43. The number of hydrogen-bond donors (Lipinski definition) is 1. The normalized spacial score (nSPS) is 12.3. The number of halogens is 2. The first kappa shape index (κ1) is 14.4. The highest BCUT2D eigenvalue weighted by molar-refractivity contribution is 9.10. The summed E-state index contributed by atoms with van der Waals surface area (Å²) in [5, 5.41) is 4.36. The van der Waals surface area contributed by atoms with E-state index in [1.165, 1.54) is 5.56 Å². The van der Waals surface area contributed by atoms with Crippen LogP contribution in [-0.2, 0) is 0 Å². The van der Waals surface area contributed by atoms with Crippen molar-refractivity contribution in [3.63, 3.8) is 0 Å². The molecule has 3 heteroatoms. The molecule has 100 valence electrons. The quantitative estimate of drug-likeness (QED) is 0.735. The molecule has 1 atom stereocenters. The third-order valence-corrected chi connectivity index (χ3v) is 4.26. The fourth-order valence-electron chi connectivity index (χ4n) is 2.14. The van der Waals surface area contributed by atoms with Crippen LogP contribution in [0.3, 0.4) is 0 Å². The van der Waals surface area contributed by atoms with Crippen molar-refractivity contribution in [2.75, 3.05) is 5.32 Å². The number of rotatable bonds is 3. The van der Waals surface area contributed by atoms with Gasteiger partial charge in [0.1, 0.15) is 0 Å². The van der Waals surface area contributed by atoms with E-state index in [9.17, 15) is 0 Å². The van der Waals surface area contributed by atoms with Gasteiger partial charge >= 0.3 is 0 Å². The predicted octanol–water partition coefficient (Wildman–Crippen LogP) is 5.89. The fourth-order valence-corrected chi connectivity index (χ4v) is 2.65. The Bertz CT molecular complexity index is 572. The van der Waals surface area contributed by atoms with Crippen LogP contribution in [0.4, 0.5) is 5.69 Å². The van der Waals surface area contributed by atoms with E-state index in [1.807, 2.05) is 26.0 Å². The van der Waals surface area contributed by atoms with Crippen molar-refractivity contribution in [2.45, 2.75) is 26.8 Å². The van der Waals surface area contributed by atoms with Gasteiger partial charge in [-0.3, -0.25) is 0 Å². The lowest BCUT2D eigenvalue weighted by atomic mass is 10.0. The Balaban J connectivity index is 2.23. The van der Waals surface area contributed by atoms with Crippen LogP contribution in [0, 0.1) is 13.8 Å². The minimum atomic E-state index is 0.240. The highest BCUT2D eigenvalue weighted by atomic mass is 79.9. The Kier molecular flexibility index (Phi) is 4.54. The number of aryl methyl sites for hydroxylation is 2. The monoisotopic (exact) mass is 337 g/mol. The van der Waals surface area contributed by atoms with Gasteiger partial charge in [0.15, 0.2) is 0 Å². The largest absolute Gasteiger partial charge is 0.378 e. The van der Waals surface area contributed by atoms with Gasteiger partial charge in [-0.15, -0.1) is 0 Å². The first-order valence-electron chi connectivity index (χ1n) is 6.26. The van der Waals surface area contributed by atoms with Crippen LogP contribution in [0.2, 0.25) is 5.02 Å². The van der Waals surface area contributed by atoms with Crippen molar-refractivity contribution in [1.29, 1.82) is 0 Å². The Morgan fingerprint density at radius 1 is 1.11 bits per heavy atom. The standard InChI is InChI=1S/C16H17BrClN/c1-10-7-13(8-11(2)16(10)18)12(3)19-15-6-4-5-14(17)9-15/h4-9,12,19H,1-3H3. The van der Waals surface area contributed by atoms with E-state index in [0.29, 0.717) is 0 Å². The van der Waals surface area contributed by atoms with E-state index in [2.05, 4.69) is 52.4 Å². The van der Waals surface area contributed by atoms with E-state index < -0.39 is 0 Å². The summed E-state index contributed by atoms with van der Waals surface area (Å²) in [6.07, 6.45) is 0. The third-order valence-electron chi connectivity index (χ3n) is 3.17. The van der Waals surface area contributed by atoms with Gasteiger partial charge in [-0.25, -0.2) is 0 Å². The molecule has 0 aliphatic rings. The Labute approximate surface area is 128 Å². The Morgan fingerprint density at radius 3 is 2.32 bits per heavy atom. The summed E-state index contributed by atoms with van der Waals surface area (Å²) in [6, 6.07) is 12.7. The van der Waals surface area contributed by atoms with Crippen LogP contribution < -0.4 is 5.32 Å². The third kappa shape index (κ3) is 3.52. The molecule has 0 saturated carbocycles. The molecule has 2 aromatic carbocycles. The molecule has 0 spiro atoms. The summed E-state index contributed by atoms with van der Waals surface area (Å²) < 4.78 is 1.08. The summed E-state index contributed by atoms with van der Waals surface area (Å²) in [6.45, 7) is 6.25. The van der Waals surface area contributed by atoms with Crippen molar-refractivity contribution in [2.24, 2.45) is 0 Å². The minimum absolute atomic E-state index is 0.240. The van der Waals surface area contributed by atoms with Gasteiger partial charge < -0.3 is 5.32 Å². The summed E-state index contributed by atoms with van der Waals surface area (Å²) in [4.78, 5) is 0. The van der Waals surface area contributed by atoms with Gasteiger partial charge in [0.2, 0.25) is 0 Å². The van der Waals surface area contributed by atoms with Gasteiger partial charge in [-0.2, -0.15) is 0 Å². The molecule has 19 heavy (non-hydrogen) atoms. The lowest BCUT2D eigenvalue weighted by Crippen LogP contribution is -2.07. The molecule has 0 amide bonds. The molecule has 0 aliphatic heterocycles. The summed E-state index contributed by atoms with van der Waals surface area (Å²) in [7, 11) is 0. The molecule has 2 aromatic rings. The van der Waals surface area contributed by atoms with Crippen LogP contribution in [0.5, 0.6) is 0 Å². The molecule has 0 saturated heterocycles. The molecule has 0 aromatic heterocycles. The van der Waals surface area contributed by atoms with E-state index in [0.717, 1.165) is 26.3 Å². The number of benzene rings is 2. The average Bonchev–Trinajstić information content (AvgIpc) is 2.35. The molecule has 0 fully saturated rings. The van der Waals surface area contributed by atoms with Crippen molar-refractivity contribution < 1.29 is 0 Å². The number of hydrogen-bond acceptors (Lipinski definition) is 1. The maximum atomic E-state index is 6.21.